The number of hydrogen-bond acceptors (Lipinski definition) is 3. The van der Waals surface area contributed by atoms with Gasteiger partial charge in [0.2, 0.25) is 0 Å². The maximum atomic E-state index is 5.18. The van der Waals surface area contributed by atoms with Crippen molar-refractivity contribution in [3.8, 4) is 67.3 Å². The smallest absolute Gasteiger partial charge is 0.160 e. The van der Waals surface area contributed by atoms with Gasteiger partial charge < -0.3 is 0 Å². The van der Waals surface area contributed by atoms with Gasteiger partial charge in [0.25, 0.3) is 0 Å². The van der Waals surface area contributed by atoms with Crippen molar-refractivity contribution >= 4 is 21.5 Å². The maximum Gasteiger partial charge on any atom is 0.160 e. The monoisotopic (exact) mass is 637 g/mol. The highest BCUT2D eigenvalue weighted by Gasteiger charge is 2.13. The van der Waals surface area contributed by atoms with Crippen LogP contribution < -0.4 is 0 Å². The Balaban J connectivity index is 1.14. The average Bonchev–Trinajstić information content (AvgIpc) is 3.21. The first kappa shape index (κ1) is 29.4. The van der Waals surface area contributed by atoms with E-state index in [2.05, 4.69) is 175 Å². The maximum absolute atomic E-state index is 5.18. The Bertz CT molecular complexity index is 2640. The van der Waals surface area contributed by atoms with Crippen molar-refractivity contribution in [2.75, 3.05) is 0 Å². The Hall–Kier alpha value is -6.71. The molecule has 2 aromatic heterocycles. The molecule has 9 rings (SSSR count). The van der Waals surface area contributed by atoms with Crippen LogP contribution >= 0.6 is 0 Å². The second-order valence-electron chi connectivity index (χ2n) is 12.5. The molecule has 0 saturated heterocycles. The SMILES string of the molecule is c1ccc(-c2ccc(-c3nc(-c4cccc(-c5cccc(-c6cncc7ccccc67)c5)c4)cc(-c4ccc5ccccc5c4)n3)cc2)cc1. The van der Waals surface area contributed by atoms with Gasteiger partial charge in [0.05, 0.1) is 11.4 Å². The lowest BCUT2D eigenvalue weighted by molar-refractivity contribution is 1.18. The fraction of sp³-hybridized carbons (Fsp3) is 0. The van der Waals surface area contributed by atoms with Gasteiger partial charge in [-0.25, -0.2) is 9.97 Å². The third kappa shape index (κ3) is 5.72. The summed E-state index contributed by atoms with van der Waals surface area (Å²) in [5.41, 5.74) is 11.7. The lowest BCUT2D eigenvalue weighted by Crippen LogP contribution is -1.96. The van der Waals surface area contributed by atoms with E-state index in [0.29, 0.717) is 5.82 Å². The van der Waals surface area contributed by atoms with Crippen LogP contribution in [0.5, 0.6) is 0 Å². The van der Waals surface area contributed by atoms with E-state index in [1.807, 2.05) is 18.5 Å². The van der Waals surface area contributed by atoms with E-state index in [-0.39, 0.29) is 0 Å². The zero-order valence-electron chi connectivity index (χ0n) is 27.2. The van der Waals surface area contributed by atoms with Crippen molar-refractivity contribution in [1.29, 1.82) is 0 Å². The molecule has 3 nitrogen and oxygen atoms in total. The first-order valence-corrected chi connectivity index (χ1v) is 16.8. The van der Waals surface area contributed by atoms with Crippen LogP contribution in [0.2, 0.25) is 0 Å². The molecule has 0 spiro atoms. The molecule has 0 aliphatic heterocycles. The van der Waals surface area contributed by atoms with Crippen LogP contribution in [0.15, 0.2) is 188 Å². The van der Waals surface area contributed by atoms with Crippen molar-refractivity contribution < 1.29 is 0 Å². The molecule has 9 aromatic rings. The number of aromatic nitrogens is 3. The third-order valence-corrected chi connectivity index (χ3v) is 9.36. The van der Waals surface area contributed by atoms with Crippen LogP contribution in [-0.2, 0) is 0 Å². The number of pyridine rings is 1. The highest BCUT2D eigenvalue weighted by atomic mass is 14.9. The molecule has 3 heteroatoms. The van der Waals surface area contributed by atoms with E-state index >= 15 is 0 Å². The van der Waals surface area contributed by atoms with Crippen molar-refractivity contribution in [3.63, 3.8) is 0 Å². The van der Waals surface area contributed by atoms with Crippen LogP contribution in [0, 0.1) is 0 Å². The Morgan fingerprint density at radius 3 is 1.62 bits per heavy atom. The van der Waals surface area contributed by atoms with Gasteiger partial charge in [0.15, 0.2) is 5.82 Å². The molecule has 50 heavy (non-hydrogen) atoms. The Morgan fingerprint density at radius 2 is 0.840 bits per heavy atom. The first-order valence-electron chi connectivity index (χ1n) is 16.8. The van der Waals surface area contributed by atoms with E-state index < -0.39 is 0 Å². The topological polar surface area (TPSA) is 38.7 Å². The summed E-state index contributed by atoms with van der Waals surface area (Å²) in [4.78, 5) is 14.9. The third-order valence-electron chi connectivity index (χ3n) is 9.36. The largest absolute Gasteiger partial charge is 0.263 e. The van der Waals surface area contributed by atoms with Crippen LogP contribution in [0.1, 0.15) is 0 Å². The van der Waals surface area contributed by atoms with Crippen molar-refractivity contribution in [1.82, 2.24) is 15.0 Å². The fourth-order valence-corrected chi connectivity index (χ4v) is 6.73. The molecule has 0 saturated carbocycles. The minimum Gasteiger partial charge on any atom is -0.263 e. The predicted octanol–water partition coefficient (Wildman–Crippen LogP) is 12.2. The van der Waals surface area contributed by atoms with E-state index in [1.54, 1.807) is 0 Å². The van der Waals surface area contributed by atoms with E-state index in [4.69, 9.17) is 9.97 Å². The number of nitrogens with zero attached hydrogens (tertiary/aromatic N) is 3. The van der Waals surface area contributed by atoms with Crippen LogP contribution in [0.25, 0.3) is 88.8 Å². The van der Waals surface area contributed by atoms with Gasteiger partial charge in [0, 0.05) is 40.0 Å². The highest BCUT2D eigenvalue weighted by Crippen LogP contribution is 2.34. The summed E-state index contributed by atoms with van der Waals surface area (Å²) in [5, 5.41) is 4.72. The van der Waals surface area contributed by atoms with Crippen molar-refractivity contribution in [2.45, 2.75) is 0 Å². The summed E-state index contributed by atoms with van der Waals surface area (Å²) in [6.07, 6.45) is 3.88. The second kappa shape index (κ2) is 12.7. The van der Waals surface area contributed by atoms with Gasteiger partial charge >= 0.3 is 0 Å². The Morgan fingerprint density at radius 1 is 0.300 bits per heavy atom. The molecular formula is C47H31N3. The average molecular weight is 638 g/mol. The normalized spacial score (nSPS) is 11.2. The Labute approximate surface area is 291 Å². The summed E-state index contributed by atoms with van der Waals surface area (Å²) in [5.74, 6) is 0.695. The van der Waals surface area contributed by atoms with Gasteiger partial charge in [-0.2, -0.15) is 0 Å². The molecule has 2 heterocycles. The number of fused-ring (bicyclic) bond motifs is 2. The molecule has 0 aliphatic rings. The van der Waals surface area contributed by atoms with Crippen LogP contribution in [0.3, 0.4) is 0 Å². The van der Waals surface area contributed by atoms with Gasteiger partial charge in [-0.3, -0.25) is 4.98 Å². The molecule has 0 N–H and O–H groups in total. The molecule has 0 atom stereocenters. The lowest BCUT2D eigenvalue weighted by Gasteiger charge is -2.12. The lowest BCUT2D eigenvalue weighted by atomic mass is 9.95. The van der Waals surface area contributed by atoms with E-state index in [1.165, 1.54) is 21.7 Å². The highest BCUT2D eigenvalue weighted by molar-refractivity contribution is 5.96. The number of hydrogen-bond donors (Lipinski definition) is 0. The van der Waals surface area contributed by atoms with Gasteiger partial charge in [-0.15, -0.1) is 0 Å². The quantitative estimate of drug-likeness (QED) is 0.182. The Kier molecular flexibility index (Phi) is 7.49. The molecule has 0 bridgehead atoms. The summed E-state index contributed by atoms with van der Waals surface area (Å²) in [6, 6.07) is 61.8. The molecule has 0 unspecified atom stereocenters. The van der Waals surface area contributed by atoms with E-state index in [0.717, 1.165) is 61.3 Å². The van der Waals surface area contributed by atoms with Gasteiger partial charge in [0.1, 0.15) is 0 Å². The second-order valence-corrected chi connectivity index (χ2v) is 12.5. The van der Waals surface area contributed by atoms with E-state index in [9.17, 15) is 0 Å². The first-order chi connectivity index (χ1) is 24.7. The molecular weight excluding hydrogens is 607 g/mol. The van der Waals surface area contributed by atoms with Crippen molar-refractivity contribution in [2.24, 2.45) is 0 Å². The molecule has 0 fully saturated rings. The predicted molar refractivity (Wildman–Crippen MR) is 207 cm³/mol. The van der Waals surface area contributed by atoms with Crippen LogP contribution in [-0.4, -0.2) is 15.0 Å². The van der Waals surface area contributed by atoms with Crippen molar-refractivity contribution in [3.05, 3.63) is 188 Å². The van der Waals surface area contributed by atoms with Gasteiger partial charge in [-0.1, -0.05) is 152 Å². The molecule has 234 valence electrons. The zero-order valence-corrected chi connectivity index (χ0v) is 27.2. The molecule has 0 aliphatic carbocycles. The summed E-state index contributed by atoms with van der Waals surface area (Å²) < 4.78 is 0. The minimum absolute atomic E-state index is 0.695. The fourth-order valence-electron chi connectivity index (χ4n) is 6.73. The van der Waals surface area contributed by atoms with Crippen LogP contribution in [0.4, 0.5) is 0 Å². The summed E-state index contributed by atoms with van der Waals surface area (Å²) >= 11 is 0. The summed E-state index contributed by atoms with van der Waals surface area (Å²) in [6.45, 7) is 0. The number of benzene rings is 7. The zero-order chi connectivity index (χ0) is 33.3. The van der Waals surface area contributed by atoms with Gasteiger partial charge in [-0.05, 0) is 68.2 Å². The molecule has 0 amide bonds. The molecule has 7 aromatic carbocycles. The number of rotatable bonds is 6. The minimum atomic E-state index is 0.695. The standard InChI is InChI=1S/C47H31N3/c1-2-10-32(11-3-1)34-20-23-35(24-21-34)47-49-45(29-46(50-47)41-25-22-33-12-4-5-13-36(33)27-41)40-18-9-16-38(28-40)37-15-8-17-39(26-37)44-31-48-30-42-14-6-7-19-43(42)44/h1-31H. The molecule has 0 radical (unpaired) electrons. The summed E-state index contributed by atoms with van der Waals surface area (Å²) in [7, 11) is 0.